The summed E-state index contributed by atoms with van der Waals surface area (Å²) in [6.07, 6.45) is 0.543. The third kappa shape index (κ3) is 4.24. The van der Waals surface area contributed by atoms with E-state index < -0.39 is 6.36 Å². The van der Waals surface area contributed by atoms with Gasteiger partial charge in [-0.05, 0) is 55.6 Å². The number of nitrogens with two attached hydrogens (primary N) is 1. The molecule has 2 aromatic heterocycles. The van der Waals surface area contributed by atoms with Crippen LogP contribution in [0.25, 0.3) is 11.2 Å². The number of alkyl halides is 3. The van der Waals surface area contributed by atoms with Gasteiger partial charge in [0, 0.05) is 0 Å². The molecule has 1 aromatic carbocycles. The van der Waals surface area contributed by atoms with Crippen LogP contribution < -0.4 is 15.2 Å². The number of benzene rings is 1. The van der Waals surface area contributed by atoms with Gasteiger partial charge in [-0.1, -0.05) is 0 Å². The molecule has 0 radical (unpaired) electrons. The lowest BCUT2D eigenvalue weighted by molar-refractivity contribution is -0.274. The van der Waals surface area contributed by atoms with Crippen LogP contribution in [0.2, 0.25) is 0 Å². The Bertz CT molecular complexity index is 989. The number of hydrogen-bond donors (Lipinski definition) is 2. The van der Waals surface area contributed by atoms with Crippen molar-refractivity contribution in [3.05, 3.63) is 24.5 Å². The van der Waals surface area contributed by atoms with Crippen LogP contribution in [0.5, 0.6) is 11.5 Å². The number of H-pyrrole nitrogens is 1. The molecular formula is C17H16F3N5O2S. The van der Waals surface area contributed by atoms with E-state index in [0.29, 0.717) is 27.0 Å². The molecule has 0 unspecified atom stereocenters. The summed E-state index contributed by atoms with van der Waals surface area (Å²) in [5.41, 5.74) is 6.63. The Balaban J connectivity index is 1.66. The number of halogens is 3. The molecule has 11 heteroatoms. The molecule has 148 valence electrons. The van der Waals surface area contributed by atoms with Gasteiger partial charge in [-0.25, -0.2) is 15.0 Å². The molecule has 0 bridgehead atoms. The average molecular weight is 411 g/mol. The zero-order chi connectivity index (χ0) is 19.7. The van der Waals surface area contributed by atoms with Gasteiger partial charge in [0.2, 0.25) is 0 Å². The summed E-state index contributed by atoms with van der Waals surface area (Å²) in [5.74, 6) is 0.385. The van der Waals surface area contributed by atoms with E-state index in [2.05, 4.69) is 24.7 Å². The number of fused-ring (bicyclic) bond motifs is 1. The quantitative estimate of drug-likeness (QED) is 0.646. The Labute approximate surface area is 161 Å². The second-order valence-electron chi connectivity index (χ2n) is 6.28. The Morgan fingerprint density at radius 3 is 2.68 bits per heavy atom. The number of ether oxygens (including phenoxy) is 2. The normalized spacial score (nSPS) is 15.2. The van der Waals surface area contributed by atoms with E-state index in [1.54, 1.807) is 0 Å². The van der Waals surface area contributed by atoms with E-state index in [1.165, 1.54) is 24.5 Å². The monoisotopic (exact) mass is 411 g/mol. The zero-order valence-electron chi connectivity index (χ0n) is 14.5. The van der Waals surface area contributed by atoms with Crippen molar-refractivity contribution in [3.63, 3.8) is 0 Å². The predicted molar refractivity (Wildman–Crippen MR) is 96.2 cm³/mol. The van der Waals surface area contributed by atoms with E-state index >= 15 is 0 Å². The van der Waals surface area contributed by atoms with Gasteiger partial charge in [-0.2, -0.15) is 0 Å². The highest BCUT2D eigenvalue weighted by molar-refractivity contribution is 7.99. The number of anilines is 1. The van der Waals surface area contributed by atoms with Crippen molar-refractivity contribution < 1.29 is 22.6 Å². The summed E-state index contributed by atoms with van der Waals surface area (Å²) in [6.45, 7) is 0. The first-order valence-corrected chi connectivity index (χ1v) is 9.39. The molecule has 7 nitrogen and oxygen atoms in total. The third-order valence-corrected chi connectivity index (χ3v) is 5.17. The molecule has 2 heterocycles. The van der Waals surface area contributed by atoms with Gasteiger partial charge in [-0.3, -0.25) is 0 Å². The topological polar surface area (TPSA) is 98.9 Å². The van der Waals surface area contributed by atoms with Crippen LogP contribution in [0, 0.1) is 0 Å². The molecule has 4 rings (SSSR count). The van der Waals surface area contributed by atoms with Crippen LogP contribution in [0.3, 0.4) is 0 Å². The third-order valence-electron chi connectivity index (χ3n) is 4.25. The van der Waals surface area contributed by atoms with Crippen LogP contribution in [0.15, 0.2) is 34.6 Å². The standard InChI is InChI=1S/C17H16F3N5O2S/c18-17(19,20)27-10-5-6-11(26-9-3-1-2-4-9)12(7-10)28-16-24-13-14(21)22-8-23-15(13)25-16/h5-9H,1-4H2,(H3,21,22,23,24,25). The van der Waals surface area contributed by atoms with Gasteiger partial charge in [0.25, 0.3) is 0 Å². The van der Waals surface area contributed by atoms with Crippen molar-refractivity contribution in [2.75, 3.05) is 5.73 Å². The van der Waals surface area contributed by atoms with E-state index in [1.807, 2.05) is 0 Å². The maximum Gasteiger partial charge on any atom is 0.573 e. The lowest BCUT2D eigenvalue weighted by Gasteiger charge is -2.17. The molecule has 1 aliphatic carbocycles. The molecule has 0 spiro atoms. The lowest BCUT2D eigenvalue weighted by atomic mass is 10.3. The summed E-state index contributed by atoms with van der Waals surface area (Å²) in [5, 5.41) is 0.405. The first kappa shape index (κ1) is 18.7. The number of aromatic nitrogens is 4. The molecular weight excluding hydrogens is 395 g/mol. The Morgan fingerprint density at radius 2 is 1.96 bits per heavy atom. The molecule has 1 aliphatic rings. The van der Waals surface area contributed by atoms with E-state index in [4.69, 9.17) is 10.5 Å². The molecule has 3 aromatic rings. The SMILES string of the molecule is Nc1ncnc2nc(Sc3cc(OC(F)(F)F)ccc3OC3CCCC3)[nH]c12. The van der Waals surface area contributed by atoms with Gasteiger partial charge >= 0.3 is 6.36 Å². The number of nitrogens with zero attached hydrogens (tertiary/aromatic N) is 3. The molecule has 0 saturated heterocycles. The maximum atomic E-state index is 12.6. The number of imidazole rings is 1. The Hall–Kier alpha value is -2.69. The largest absolute Gasteiger partial charge is 0.573 e. The van der Waals surface area contributed by atoms with E-state index in [9.17, 15) is 13.2 Å². The van der Waals surface area contributed by atoms with E-state index in [0.717, 1.165) is 37.4 Å². The molecule has 3 N–H and O–H groups in total. The highest BCUT2D eigenvalue weighted by atomic mass is 32.2. The molecule has 0 amide bonds. The molecule has 28 heavy (non-hydrogen) atoms. The summed E-state index contributed by atoms with van der Waals surface area (Å²) in [7, 11) is 0. The minimum absolute atomic E-state index is 0.0471. The van der Waals surface area contributed by atoms with Crippen molar-refractivity contribution in [1.82, 2.24) is 19.9 Å². The fourth-order valence-corrected chi connectivity index (χ4v) is 3.91. The van der Waals surface area contributed by atoms with E-state index in [-0.39, 0.29) is 17.7 Å². The van der Waals surface area contributed by atoms with Gasteiger partial charge < -0.3 is 20.2 Å². The van der Waals surface area contributed by atoms with Crippen LogP contribution in [0.4, 0.5) is 19.0 Å². The van der Waals surface area contributed by atoms with Crippen molar-refractivity contribution in [1.29, 1.82) is 0 Å². The summed E-state index contributed by atoms with van der Waals surface area (Å²) in [6, 6.07) is 4.01. The summed E-state index contributed by atoms with van der Waals surface area (Å²) in [4.78, 5) is 15.6. The van der Waals surface area contributed by atoms with Gasteiger partial charge in [0.15, 0.2) is 16.6 Å². The molecule has 0 aliphatic heterocycles. The van der Waals surface area contributed by atoms with Crippen LogP contribution in [-0.2, 0) is 0 Å². The summed E-state index contributed by atoms with van der Waals surface area (Å²) >= 11 is 1.11. The highest BCUT2D eigenvalue weighted by Crippen LogP contribution is 2.39. The average Bonchev–Trinajstić information content (AvgIpc) is 3.26. The van der Waals surface area contributed by atoms with Crippen molar-refractivity contribution in [3.8, 4) is 11.5 Å². The highest BCUT2D eigenvalue weighted by Gasteiger charge is 2.31. The van der Waals surface area contributed by atoms with Crippen molar-refractivity contribution >= 4 is 28.7 Å². The number of nitrogens with one attached hydrogen (secondary N) is 1. The number of hydrogen-bond acceptors (Lipinski definition) is 7. The molecule has 0 atom stereocenters. The lowest BCUT2D eigenvalue weighted by Crippen LogP contribution is -2.17. The van der Waals surface area contributed by atoms with Crippen LogP contribution in [-0.4, -0.2) is 32.4 Å². The number of aromatic amines is 1. The fraction of sp³-hybridized carbons (Fsp3) is 0.353. The Morgan fingerprint density at radius 1 is 1.18 bits per heavy atom. The predicted octanol–water partition coefficient (Wildman–Crippen LogP) is 4.31. The number of nitrogen functional groups attached to an aromatic ring is 1. The fourth-order valence-electron chi connectivity index (χ4n) is 3.03. The van der Waals surface area contributed by atoms with Crippen LogP contribution in [0.1, 0.15) is 25.7 Å². The Kier molecular flexibility index (Phi) is 4.92. The van der Waals surface area contributed by atoms with Gasteiger partial charge in [0.1, 0.15) is 23.3 Å². The maximum absolute atomic E-state index is 12.6. The summed E-state index contributed by atoms with van der Waals surface area (Å²) < 4.78 is 47.9. The van der Waals surface area contributed by atoms with Crippen molar-refractivity contribution in [2.45, 2.75) is 48.2 Å². The van der Waals surface area contributed by atoms with Crippen molar-refractivity contribution in [2.24, 2.45) is 0 Å². The smallest absolute Gasteiger partial charge is 0.489 e. The first-order chi connectivity index (χ1) is 13.4. The van der Waals surface area contributed by atoms with Gasteiger partial charge in [0.05, 0.1) is 11.0 Å². The molecule has 1 fully saturated rings. The van der Waals surface area contributed by atoms with Gasteiger partial charge in [-0.15, -0.1) is 13.2 Å². The second-order valence-corrected chi connectivity index (χ2v) is 7.31. The minimum Gasteiger partial charge on any atom is -0.489 e. The zero-order valence-corrected chi connectivity index (χ0v) is 15.3. The van der Waals surface area contributed by atoms with Crippen LogP contribution >= 0.6 is 11.8 Å². The first-order valence-electron chi connectivity index (χ1n) is 8.58. The minimum atomic E-state index is -4.78. The number of rotatable bonds is 5. The molecule has 1 saturated carbocycles. The second kappa shape index (κ2) is 7.38.